The normalized spacial score (nSPS) is 12.3. The Balaban J connectivity index is 1.37. The van der Waals surface area contributed by atoms with Gasteiger partial charge in [-0.1, -0.05) is 24.3 Å². The number of hydrogen-bond acceptors (Lipinski definition) is 7. The molecular weight excluding hydrogens is 418 g/mol. The van der Waals surface area contributed by atoms with Crippen molar-refractivity contribution in [3.63, 3.8) is 0 Å². The van der Waals surface area contributed by atoms with Gasteiger partial charge in [-0.05, 0) is 43.3 Å². The second-order valence-corrected chi connectivity index (χ2v) is 8.78. The monoisotopic (exact) mass is 433 g/mol. The van der Waals surface area contributed by atoms with Gasteiger partial charge in [-0.25, -0.2) is 14.8 Å². The van der Waals surface area contributed by atoms with E-state index in [2.05, 4.69) is 15.0 Å². The number of aromatic nitrogens is 3. The fourth-order valence-electron chi connectivity index (χ4n) is 3.11. The van der Waals surface area contributed by atoms with Crippen LogP contribution in [0.1, 0.15) is 28.5 Å². The van der Waals surface area contributed by atoms with Crippen molar-refractivity contribution in [2.75, 3.05) is 0 Å². The Labute approximate surface area is 178 Å². The molecule has 30 heavy (non-hydrogen) atoms. The fourth-order valence-corrected chi connectivity index (χ4v) is 5.02. The number of nitrogens with zero attached hydrogens (tertiary/aromatic N) is 2. The second-order valence-electron chi connectivity index (χ2n) is 6.67. The number of fused-ring (bicyclic) bond motifs is 2. The van der Waals surface area contributed by atoms with Crippen LogP contribution >= 0.6 is 22.7 Å². The first kappa shape index (κ1) is 18.7. The van der Waals surface area contributed by atoms with Crippen molar-refractivity contribution in [3.05, 3.63) is 81.7 Å². The Kier molecular flexibility index (Phi) is 4.65. The second kappa shape index (κ2) is 7.47. The van der Waals surface area contributed by atoms with E-state index in [1.54, 1.807) is 42.5 Å². The van der Waals surface area contributed by atoms with Crippen LogP contribution in [0.4, 0.5) is 0 Å². The minimum atomic E-state index is -0.692. The van der Waals surface area contributed by atoms with E-state index in [9.17, 15) is 9.59 Å². The number of rotatable bonds is 4. The predicted octanol–water partition coefficient (Wildman–Crippen LogP) is 5.18. The van der Waals surface area contributed by atoms with Gasteiger partial charge in [0.05, 0.1) is 26.0 Å². The lowest BCUT2D eigenvalue weighted by atomic mass is 10.2. The van der Waals surface area contributed by atoms with Gasteiger partial charge in [0.15, 0.2) is 11.9 Å². The number of thiazole rings is 1. The van der Waals surface area contributed by atoms with Gasteiger partial charge < -0.3 is 9.72 Å². The van der Waals surface area contributed by atoms with Crippen molar-refractivity contribution in [1.29, 1.82) is 0 Å². The van der Waals surface area contributed by atoms with Gasteiger partial charge in [-0.3, -0.25) is 4.79 Å². The highest BCUT2D eigenvalue weighted by Gasteiger charge is 2.19. The number of carbonyl (C=O) groups is 1. The Hall–Kier alpha value is -3.36. The van der Waals surface area contributed by atoms with Gasteiger partial charge >= 0.3 is 5.97 Å². The molecule has 6 nitrogen and oxygen atoms in total. The van der Waals surface area contributed by atoms with Crippen LogP contribution < -0.4 is 5.56 Å². The topological polar surface area (TPSA) is 84.9 Å². The third-order valence-electron chi connectivity index (χ3n) is 4.61. The first-order valence-electron chi connectivity index (χ1n) is 9.24. The molecule has 1 N–H and O–H groups in total. The highest BCUT2D eigenvalue weighted by atomic mass is 32.1. The van der Waals surface area contributed by atoms with Crippen molar-refractivity contribution >= 4 is 49.8 Å². The summed E-state index contributed by atoms with van der Waals surface area (Å²) >= 11 is 2.92. The Morgan fingerprint density at radius 1 is 0.967 bits per heavy atom. The minimum Gasteiger partial charge on any atom is -0.450 e. The van der Waals surface area contributed by atoms with Crippen molar-refractivity contribution in [1.82, 2.24) is 15.0 Å². The molecular formula is C22H15N3O3S2. The average molecular weight is 434 g/mol. The zero-order valence-corrected chi connectivity index (χ0v) is 17.4. The Bertz CT molecular complexity index is 1420. The highest BCUT2D eigenvalue weighted by Crippen LogP contribution is 2.35. The zero-order chi connectivity index (χ0) is 20.7. The van der Waals surface area contributed by atoms with Crippen LogP contribution in [0, 0.1) is 0 Å². The van der Waals surface area contributed by atoms with Crippen molar-refractivity contribution < 1.29 is 9.53 Å². The third kappa shape index (κ3) is 3.40. The fraction of sp³-hybridized carbons (Fsp3) is 0.0909. The average Bonchev–Trinajstić information content (AvgIpc) is 3.41. The summed E-state index contributed by atoms with van der Waals surface area (Å²) in [5.74, 6) is -0.148. The number of para-hydroxylation sites is 2. The molecule has 1 atom stereocenters. The number of nitrogens with one attached hydrogen (secondary N) is 1. The van der Waals surface area contributed by atoms with Crippen LogP contribution in [0.25, 0.3) is 31.0 Å². The number of thiophene rings is 1. The summed E-state index contributed by atoms with van der Waals surface area (Å²) in [5, 5.41) is 1.37. The zero-order valence-electron chi connectivity index (χ0n) is 15.8. The summed E-state index contributed by atoms with van der Waals surface area (Å²) in [6, 6.07) is 18.6. The summed E-state index contributed by atoms with van der Waals surface area (Å²) in [5.41, 5.74) is 1.25. The molecule has 5 aromatic rings. The SMILES string of the molecule is CC(OC(=O)c1ccc(-c2nc3ccccc3s2)s1)c1nc2ccccc2c(=O)[nH]1. The van der Waals surface area contributed by atoms with Gasteiger partial charge in [0.1, 0.15) is 9.88 Å². The molecule has 0 fully saturated rings. The molecule has 0 saturated carbocycles. The van der Waals surface area contributed by atoms with Crippen LogP contribution in [0.3, 0.4) is 0 Å². The molecule has 1 unspecified atom stereocenters. The first-order valence-corrected chi connectivity index (χ1v) is 10.9. The highest BCUT2D eigenvalue weighted by molar-refractivity contribution is 7.26. The number of ether oxygens (including phenoxy) is 1. The van der Waals surface area contributed by atoms with E-state index in [4.69, 9.17) is 4.74 Å². The van der Waals surface area contributed by atoms with Crippen LogP contribution in [0.15, 0.2) is 65.5 Å². The molecule has 0 spiro atoms. The summed E-state index contributed by atoms with van der Waals surface area (Å²) in [4.78, 5) is 38.0. The van der Waals surface area contributed by atoms with E-state index < -0.39 is 12.1 Å². The van der Waals surface area contributed by atoms with E-state index in [0.29, 0.717) is 21.6 Å². The van der Waals surface area contributed by atoms with Gasteiger partial charge in [0, 0.05) is 0 Å². The maximum atomic E-state index is 12.6. The summed E-state index contributed by atoms with van der Waals surface area (Å²) in [7, 11) is 0. The molecule has 0 radical (unpaired) electrons. The first-order chi connectivity index (χ1) is 14.6. The van der Waals surface area contributed by atoms with Crippen LogP contribution in [-0.4, -0.2) is 20.9 Å². The molecule has 0 amide bonds. The molecule has 0 aliphatic carbocycles. The molecule has 3 heterocycles. The quantitative estimate of drug-likeness (QED) is 0.395. The summed E-state index contributed by atoms with van der Waals surface area (Å²) in [6.45, 7) is 1.69. The molecule has 5 rings (SSSR count). The molecule has 0 bridgehead atoms. The number of carbonyl (C=O) groups excluding carboxylic acids is 1. The van der Waals surface area contributed by atoms with Crippen LogP contribution in [0.2, 0.25) is 0 Å². The number of esters is 1. The van der Waals surface area contributed by atoms with Crippen molar-refractivity contribution in [3.8, 4) is 9.88 Å². The van der Waals surface area contributed by atoms with E-state index in [-0.39, 0.29) is 5.56 Å². The van der Waals surface area contributed by atoms with E-state index in [1.165, 1.54) is 11.3 Å². The molecule has 0 saturated heterocycles. The number of H-pyrrole nitrogens is 1. The number of aromatic amines is 1. The van der Waals surface area contributed by atoms with Gasteiger partial charge in [-0.15, -0.1) is 22.7 Å². The number of hydrogen-bond donors (Lipinski definition) is 1. The Morgan fingerprint density at radius 2 is 1.73 bits per heavy atom. The molecule has 0 aliphatic rings. The molecule has 8 heteroatoms. The van der Waals surface area contributed by atoms with Gasteiger partial charge in [-0.2, -0.15) is 0 Å². The van der Waals surface area contributed by atoms with E-state index in [0.717, 1.165) is 20.1 Å². The lowest BCUT2D eigenvalue weighted by Gasteiger charge is -2.12. The largest absolute Gasteiger partial charge is 0.450 e. The van der Waals surface area contributed by atoms with Gasteiger partial charge in [0.2, 0.25) is 0 Å². The lowest BCUT2D eigenvalue weighted by Crippen LogP contribution is -2.17. The van der Waals surface area contributed by atoms with E-state index >= 15 is 0 Å². The molecule has 2 aromatic carbocycles. The maximum Gasteiger partial charge on any atom is 0.349 e. The molecule has 148 valence electrons. The van der Waals surface area contributed by atoms with Crippen LogP contribution in [-0.2, 0) is 4.74 Å². The summed E-state index contributed by atoms with van der Waals surface area (Å²) in [6.07, 6.45) is -0.692. The van der Waals surface area contributed by atoms with Crippen molar-refractivity contribution in [2.24, 2.45) is 0 Å². The van der Waals surface area contributed by atoms with E-state index in [1.807, 2.05) is 36.4 Å². The molecule has 0 aliphatic heterocycles. The number of benzene rings is 2. The lowest BCUT2D eigenvalue weighted by molar-refractivity contribution is 0.0326. The predicted molar refractivity (Wildman–Crippen MR) is 119 cm³/mol. The smallest absolute Gasteiger partial charge is 0.349 e. The minimum absolute atomic E-state index is 0.257. The third-order valence-corrected chi connectivity index (χ3v) is 6.88. The van der Waals surface area contributed by atoms with Gasteiger partial charge in [0.25, 0.3) is 5.56 Å². The van der Waals surface area contributed by atoms with Crippen molar-refractivity contribution in [2.45, 2.75) is 13.0 Å². The Morgan fingerprint density at radius 3 is 2.57 bits per heavy atom. The summed E-state index contributed by atoms with van der Waals surface area (Å²) < 4.78 is 6.66. The maximum absolute atomic E-state index is 12.6. The molecule has 3 aromatic heterocycles. The standard InChI is InChI=1S/C22H15N3O3S2/c1-12(19-23-14-7-3-2-6-13(14)20(26)25-19)28-22(27)18-11-10-17(29-18)21-24-15-8-4-5-9-16(15)30-21/h2-12H,1H3,(H,23,25,26). The van der Waals surface area contributed by atoms with Crippen LogP contribution in [0.5, 0.6) is 0 Å².